The number of carbonyl (C=O) groups is 1. The Morgan fingerprint density at radius 2 is 1.96 bits per heavy atom. The van der Waals surface area contributed by atoms with Crippen LogP contribution in [-0.2, 0) is 11.3 Å². The molecule has 1 spiro atoms. The Morgan fingerprint density at radius 1 is 1.16 bits per heavy atom. The van der Waals surface area contributed by atoms with Gasteiger partial charge in [0.15, 0.2) is 0 Å². The number of hydrogen-bond acceptors (Lipinski definition) is 4. The van der Waals surface area contributed by atoms with Crippen LogP contribution in [0.2, 0.25) is 0 Å². The third kappa shape index (κ3) is 4.20. The second kappa shape index (κ2) is 7.81. The van der Waals surface area contributed by atoms with Gasteiger partial charge in [0.25, 0.3) is 0 Å². The minimum absolute atomic E-state index is 0.271. The van der Waals surface area contributed by atoms with Crippen LogP contribution in [0.5, 0.6) is 0 Å². The number of likely N-dealkylation sites (tertiary alicyclic amines) is 2. The molecule has 1 aromatic rings. The molecule has 0 N–H and O–H groups in total. The number of carbonyl (C=O) groups excluding carboxylic acids is 1. The molecular formula is C20H32N4O. The highest BCUT2D eigenvalue weighted by atomic mass is 16.2. The molecule has 25 heavy (non-hydrogen) atoms. The van der Waals surface area contributed by atoms with E-state index in [-0.39, 0.29) is 11.3 Å². The maximum Gasteiger partial charge on any atom is 0.222 e. The summed E-state index contributed by atoms with van der Waals surface area (Å²) in [7, 11) is 0. The van der Waals surface area contributed by atoms with Crippen LogP contribution in [0.25, 0.3) is 0 Å². The zero-order valence-electron chi connectivity index (χ0n) is 16.0. The highest BCUT2D eigenvalue weighted by Crippen LogP contribution is 2.40. The van der Waals surface area contributed by atoms with Crippen LogP contribution in [0, 0.1) is 12.3 Å². The standard InChI is InChI=1S/C20H32N4O/c1-4-18(5-2)23-10-6-8-20(14-23)9-7-19(25)24(15-20)13-17-12-21-16(3)11-22-17/h11-12,18H,4-10,13-15H2,1-3H3. The maximum atomic E-state index is 12.5. The van der Waals surface area contributed by atoms with Crippen molar-refractivity contribution < 1.29 is 4.79 Å². The van der Waals surface area contributed by atoms with Gasteiger partial charge in [-0.2, -0.15) is 0 Å². The normalized spacial score (nSPS) is 25.1. The summed E-state index contributed by atoms with van der Waals surface area (Å²) in [6, 6.07) is 0.686. The van der Waals surface area contributed by atoms with Crippen molar-refractivity contribution >= 4 is 5.91 Å². The van der Waals surface area contributed by atoms with Crippen LogP contribution >= 0.6 is 0 Å². The number of amides is 1. The van der Waals surface area contributed by atoms with Crippen molar-refractivity contribution in [3.8, 4) is 0 Å². The summed E-state index contributed by atoms with van der Waals surface area (Å²) in [5.74, 6) is 0.271. The van der Waals surface area contributed by atoms with Crippen LogP contribution in [0.3, 0.4) is 0 Å². The van der Waals surface area contributed by atoms with E-state index in [0.717, 1.165) is 30.9 Å². The molecule has 2 fully saturated rings. The van der Waals surface area contributed by atoms with Gasteiger partial charge in [0.05, 0.1) is 24.1 Å². The van der Waals surface area contributed by atoms with Crippen molar-refractivity contribution in [2.45, 2.75) is 71.9 Å². The van der Waals surface area contributed by atoms with Gasteiger partial charge >= 0.3 is 0 Å². The zero-order chi connectivity index (χ0) is 17.9. The molecule has 0 aromatic carbocycles. The van der Waals surface area contributed by atoms with E-state index >= 15 is 0 Å². The van der Waals surface area contributed by atoms with Crippen LogP contribution in [0.1, 0.15) is 63.8 Å². The molecule has 3 heterocycles. The summed E-state index contributed by atoms with van der Waals surface area (Å²) in [6.45, 7) is 10.3. The van der Waals surface area contributed by atoms with Crippen molar-refractivity contribution in [1.29, 1.82) is 0 Å². The molecule has 0 saturated carbocycles. The predicted octanol–water partition coefficient (Wildman–Crippen LogP) is 3.18. The van der Waals surface area contributed by atoms with Crippen molar-refractivity contribution in [3.05, 3.63) is 23.8 Å². The molecule has 1 unspecified atom stereocenters. The van der Waals surface area contributed by atoms with E-state index < -0.39 is 0 Å². The maximum absolute atomic E-state index is 12.5. The quantitative estimate of drug-likeness (QED) is 0.823. The van der Waals surface area contributed by atoms with Gasteiger partial charge in [-0.25, -0.2) is 0 Å². The molecule has 0 aliphatic carbocycles. The molecule has 5 nitrogen and oxygen atoms in total. The van der Waals surface area contributed by atoms with E-state index in [4.69, 9.17) is 0 Å². The van der Waals surface area contributed by atoms with Gasteiger partial charge in [-0.15, -0.1) is 0 Å². The first-order valence-electron chi connectivity index (χ1n) is 9.84. The summed E-state index contributed by atoms with van der Waals surface area (Å²) in [6.07, 6.45) is 10.2. The largest absolute Gasteiger partial charge is 0.336 e. The lowest BCUT2D eigenvalue weighted by atomic mass is 9.73. The summed E-state index contributed by atoms with van der Waals surface area (Å²) in [5, 5.41) is 0. The average Bonchev–Trinajstić information content (AvgIpc) is 2.62. The first kappa shape index (κ1) is 18.3. The van der Waals surface area contributed by atoms with Crippen LogP contribution < -0.4 is 0 Å². The lowest BCUT2D eigenvalue weighted by Gasteiger charge is -2.50. The van der Waals surface area contributed by atoms with E-state index in [1.165, 1.54) is 32.2 Å². The Labute approximate surface area is 151 Å². The van der Waals surface area contributed by atoms with Crippen molar-refractivity contribution in [2.75, 3.05) is 19.6 Å². The molecule has 2 aliphatic rings. The van der Waals surface area contributed by atoms with Crippen LogP contribution in [0.15, 0.2) is 12.4 Å². The fourth-order valence-corrected chi connectivity index (χ4v) is 4.64. The third-order valence-corrected chi connectivity index (χ3v) is 6.09. The Kier molecular flexibility index (Phi) is 5.72. The lowest BCUT2D eigenvalue weighted by molar-refractivity contribution is -0.140. The topological polar surface area (TPSA) is 49.3 Å². The smallest absolute Gasteiger partial charge is 0.222 e. The summed E-state index contributed by atoms with van der Waals surface area (Å²) >= 11 is 0. The van der Waals surface area contributed by atoms with E-state index in [9.17, 15) is 4.79 Å². The summed E-state index contributed by atoms with van der Waals surface area (Å²) in [4.78, 5) is 26.0. The van der Waals surface area contributed by atoms with E-state index in [2.05, 4.69) is 28.7 Å². The SMILES string of the molecule is CCC(CC)N1CCCC2(CCC(=O)N(Cc3cnc(C)cn3)C2)C1. The van der Waals surface area contributed by atoms with Crippen LogP contribution in [0.4, 0.5) is 0 Å². The summed E-state index contributed by atoms with van der Waals surface area (Å²) in [5.41, 5.74) is 2.08. The molecule has 1 amide bonds. The number of nitrogens with zero attached hydrogens (tertiary/aromatic N) is 4. The molecule has 0 bridgehead atoms. The molecule has 2 aliphatic heterocycles. The van der Waals surface area contributed by atoms with Gasteiger partial charge < -0.3 is 4.90 Å². The van der Waals surface area contributed by atoms with E-state index in [1.807, 2.05) is 11.8 Å². The number of hydrogen-bond donors (Lipinski definition) is 0. The molecule has 0 radical (unpaired) electrons. The Balaban J connectivity index is 1.70. The number of piperidine rings is 2. The van der Waals surface area contributed by atoms with Crippen molar-refractivity contribution in [3.63, 3.8) is 0 Å². The second-order valence-electron chi connectivity index (χ2n) is 7.94. The number of aryl methyl sites for hydroxylation is 1. The van der Waals surface area contributed by atoms with Gasteiger partial charge in [0, 0.05) is 37.2 Å². The Morgan fingerprint density at radius 3 is 2.64 bits per heavy atom. The zero-order valence-corrected chi connectivity index (χ0v) is 16.0. The monoisotopic (exact) mass is 344 g/mol. The lowest BCUT2D eigenvalue weighted by Crippen LogP contribution is -2.55. The molecule has 138 valence electrons. The molecule has 1 atom stereocenters. The second-order valence-corrected chi connectivity index (χ2v) is 7.94. The van der Waals surface area contributed by atoms with Gasteiger partial charge in [-0.1, -0.05) is 13.8 Å². The highest BCUT2D eigenvalue weighted by molar-refractivity contribution is 5.77. The fourth-order valence-electron chi connectivity index (χ4n) is 4.64. The molecule has 5 heteroatoms. The fraction of sp³-hybridized carbons (Fsp3) is 0.750. The van der Waals surface area contributed by atoms with Gasteiger partial charge in [-0.05, 0) is 45.6 Å². The van der Waals surface area contributed by atoms with Gasteiger partial charge in [-0.3, -0.25) is 19.7 Å². The first-order chi connectivity index (χ1) is 12.0. The first-order valence-corrected chi connectivity index (χ1v) is 9.84. The molecule has 1 aromatic heterocycles. The number of aromatic nitrogens is 2. The number of rotatable bonds is 5. The average molecular weight is 345 g/mol. The van der Waals surface area contributed by atoms with E-state index in [0.29, 0.717) is 19.0 Å². The van der Waals surface area contributed by atoms with Gasteiger partial charge in [0.2, 0.25) is 5.91 Å². The van der Waals surface area contributed by atoms with Crippen LogP contribution in [-0.4, -0.2) is 51.4 Å². The Bertz CT molecular complexity index is 584. The van der Waals surface area contributed by atoms with Crippen molar-refractivity contribution in [2.24, 2.45) is 5.41 Å². The van der Waals surface area contributed by atoms with Crippen molar-refractivity contribution in [1.82, 2.24) is 19.8 Å². The highest BCUT2D eigenvalue weighted by Gasteiger charge is 2.42. The Hall–Kier alpha value is -1.49. The van der Waals surface area contributed by atoms with E-state index in [1.54, 1.807) is 12.4 Å². The molecular weight excluding hydrogens is 312 g/mol. The third-order valence-electron chi connectivity index (χ3n) is 6.09. The predicted molar refractivity (Wildman–Crippen MR) is 99.0 cm³/mol. The minimum atomic E-state index is 0.271. The molecule has 3 rings (SSSR count). The summed E-state index contributed by atoms with van der Waals surface area (Å²) < 4.78 is 0. The molecule has 2 saturated heterocycles. The minimum Gasteiger partial charge on any atom is -0.336 e. The van der Waals surface area contributed by atoms with Gasteiger partial charge in [0.1, 0.15) is 0 Å².